The van der Waals surface area contributed by atoms with Crippen LogP contribution in [0.4, 0.5) is 17.1 Å². The number of hydrogen-bond acceptors (Lipinski definition) is 1. The Hall–Kier alpha value is -3.62. The molecule has 1 nitrogen and oxygen atoms in total. The summed E-state index contributed by atoms with van der Waals surface area (Å²) in [5, 5.41) is 0. The first-order chi connectivity index (χ1) is 17.1. The smallest absolute Gasteiger partial charge is 0.0754 e. The van der Waals surface area contributed by atoms with Crippen molar-refractivity contribution in [2.75, 3.05) is 4.90 Å². The molecule has 0 unspecified atom stereocenters. The van der Waals surface area contributed by atoms with Crippen molar-refractivity contribution in [1.29, 1.82) is 0 Å². The molecule has 0 amide bonds. The van der Waals surface area contributed by atoms with Gasteiger partial charge in [0, 0.05) is 10.2 Å². The molecule has 0 N–H and O–H groups in total. The number of hydrogen-bond donors (Lipinski definition) is 0. The van der Waals surface area contributed by atoms with Gasteiger partial charge in [-0.3, -0.25) is 0 Å². The van der Waals surface area contributed by atoms with Crippen molar-refractivity contribution in [3.05, 3.63) is 147 Å². The molecule has 168 valence electrons. The van der Waals surface area contributed by atoms with E-state index in [-0.39, 0.29) is 5.41 Å². The molecule has 35 heavy (non-hydrogen) atoms. The van der Waals surface area contributed by atoms with Crippen LogP contribution in [0.3, 0.4) is 0 Å². The summed E-state index contributed by atoms with van der Waals surface area (Å²) in [5.74, 6) is 0. The van der Waals surface area contributed by atoms with E-state index in [2.05, 4.69) is 144 Å². The Morgan fingerprint density at radius 1 is 0.543 bits per heavy atom. The average molecular weight is 514 g/mol. The molecule has 2 heteroatoms. The zero-order valence-electron chi connectivity index (χ0n) is 19.7. The van der Waals surface area contributed by atoms with Crippen LogP contribution in [0.25, 0.3) is 11.1 Å². The molecule has 1 heterocycles. The van der Waals surface area contributed by atoms with Gasteiger partial charge < -0.3 is 4.90 Å². The Morgan fingerprint density at radius 3 is 1.43 bits per heavy atom. The van der Waals surface area contributed by atoms with Gasteiger partial charge >= 0.3 is 0 Å². The SMILES string of the molecule is Cc1cc(N2c3ccccc3C3(c4ccccc4-c4ccccc43)c3ccccc32)cc(C)c1Br. The van der Waals surface area contributed by atoms with E-state index in [9.17, 15) is 0 Å². The Kier molecular flexibility index (Phi) is 4.40. The van der Waals surface area contributed by atoms with Crippen molar-refractivity contribution in [3.8, 4) is 11.1 Å². The van der Waals surface area contributed by atoms with Crippen LogP contribution in [-0.4, -0.2) is 0 Å². The molecule has 5 aromatic rings. The van der Waals surface area contributed by atoms with Crippen molar-refractivity contribution in [3.63, 3.8) is 0 Å². The third-order valence-electron chi connectivity index (χ3n) is 7.73. The van der Waals surface area contributed by atoms with Gasteiger partial charge in [-0.1, -0.05) is 101 Å². The lowest BCUT2D eigenvalue weighted by molar-refractivity contribution is 0.752. The van der Waals surface area contributed by atoms with Crippen molar-refractivity contribution < 1.29 is 0 Å². The van der Waals surface area contributed by atoms with Crippen LogP contribution < -0.4 is 4.90 Å². The highest BCUT2D eigenvalue weighted by molar-refractivity contribution is 9.10. The molecule has 1 aliphatic heterocycles. The number of nitrogens with zero attached hydrogens (tertiary/aromatic N) is 1. The number of para-hydroxylation sites is 2. The fraction of sp³-hybridized carbons (Fsp3) is 0.0909. The first-order valence-corrected chi connectivity index (χ1v) is 12.9. The quantitative estimate of drug-likeness (QED) is 0.211. The molecule has 1 aliphatic carbocycles. The topological polar surface area (TPSA) is 3.24 Å². The van der Waals surface area contributed by atoms with Crippen molar-refractivity contribution in [2.45, 2.75) is 19.3 Å². The summed E-state index contributed by atoms with van der Waals surface area (Å²) < 4.78 is 1.18. The van der Waals surface area contributed by atoms with Gasteiger partial charge in [0.1, 0.15) is 0 Å². The summed E-state index contributed by atoms with van der Waals surface area (Å²) in [7, 11) is 0. The van der Waals surface area contributed by atoms with Crippen LogP contribution in [0.15, 0.2) is 114 Å². The van der Waals surface area contributed by atoms with Gasteiger partial charge in [0.2, 0.25) is 0 Å². The zero-order chi connectivity index (χ0) is 23.7. The largest absolute Gasteiger partial charge is 0.310 e. The highest BCUT2D eigenvalue weighted by Crippen LogP contribution is 2.63. The number of benzene rings is 5. The van der Waals surface area contributed by atoms with Crippen molar-refractivity contribution in [1.82, 2.24) is 0 Å². The first-order valence-electron chi connectivity index (χ1n) is 12.1. The lowest BCUT2D eigenvalue weighted by atomic mass is 9.64. The highest BCUT2D eigenvalue weighted by Gasteiger charge is 2.51. The second kappa shape index (κ2) is 7.44. The van der Waals surface area contributed by atoms with Gasteiger partial charge in [-0.25, -0.2) is 0 Å². The normalized spacial score (nSPS) is 14.3. The molecule has 0 atom stereocenters. The van der Waals surface area contributed by atoms with Crippen molar-refractivity contribution in [2.24, 2.45) is 0 Å². The van der Waals surface area contributed by atoms with Gasteiger partial charge in [-0.2, -0.15) is 0 Å². The number of rotatable bonds is 1. The molecule has 0 aromatic heterocycles. The fourth-order valence-corrected chi connectivity index (χ4v) is 6.62. The summed E-state index contributed by atoms with van der Waals surface area (Å²) in [6.45, 7) is 4.35. The Bertz CT molecular complexity index is 1530. The zero-order valence-corrected chi connectivity index (χ0v) is 21.3. The van der Waals surface area contributed by atoms with Crippen LogP contribution in [0.5, 0.6) is 0 Å². The number of aryl methyl sites for hydroxylation is 2. The number of fused-ring (bicyclic) bond motifs is 9. The highest BCUT2D eigenvalue weighted by atomic mass is 79.9. The van der Waals surface area contributed by atoms with Gasteiger partial charge in [-0.05, 0) is 82.6 Å². The van der Waals surface area contributed by atoms with E-state index in [4.69, 9.17) is 0 Å². The van der Waals surface area contributed by atoms with Gasteiger partial charge in [-0.15, -0.1) is 0 Å². The Morgan fingerprint density at radius 2 is 0.943 bits per heavy atom. The first kappa shape index (κ1) is 20.7. The molecule has 0 bridgehead atoms. The minimum atomic E-state index is -0.351. The van der Waals surface area contributed by atoms with Crippen LogP contribution in [-0.2, 0) is 5.41 Å². The maximum absolute atomic E-state index is 3.77. The average Bonchev–Trinajstić information content (AvgIpc) is 3.19. The van der Waals surface area contributed by atoms with Gasteiger partial charge in [0.25, 0.3) is 0 Å². The van der Waals surface area contributed by atoms with Crippen molar-refractivity contribution >= 4 is 33.0 Å². The summed E-state index contributed by atoms with van der Waals surface area (Å²) >= 11 is 3.77. The molecule has 1 spiro atoms. The summed E-state index contributed by atoms with van der Waals surface area (Å²) in [6, 6.07) is 40.4. The van der Waals surface area contributed by atoms with Gasteiger partial charge in [0.05, 0.1) is 16.8 Å². The summed E-state index contributed by atoms with van der Waals surface area (Å²) in [5.41, 5.74) is 13.8. The standard InChI is InChI=1S/C33H24BrN/c1-21-19-23(20-22(2)32(21)34)35-30-17-9-7-15-28(30)33(29-16-8-10-18-31(29)35)26-13-5-3-11-24(26)25-12-4-6-14-27(25)33/h3-20H,1-2H3. The monoisotopic (exact) mass is 513 g/mol. The van der Waals surface area contributed by atoms with E-state index in [1.165, 1.54) is 66.0 Å². The number of anilines is 3. The van der Waals surface area contributed by atoms with Crippen LogP contribution in [0.2, 0.25) is 0 Å². The molecule has 0 saturated heterocycles. The minimum Gasteiger partial charge on any atom is -0.310 e. The van der Waals surface area contributed by atoms with E-state index in [1.807, 2.05) is 0 Å². The molecular formula is C33H24BrN. The number of halogens is 1. The maximum Gasteiger partial charge on any atom is 0.0754 e. The second-order valence-electron chi connectivity index (χ2n) is 9.60. The summed E-state index contributed by atoms with van der Waals surface area (Å²) in [4.78, 5) is 2.45. The molecule has 7 rings (SSSR count). The summed E-state index contributed by atoms with van der Waals surface area (Å²) in [6.07, 6.45) is 0. The Labute approximate surface area is 214 Å². The van der Waals surface area contributed by atoms with E-state index in [0.29, 0.717) is 0 Å². The van der Waals surface area contributed by atoms with E-state index < -0.39 is 0 Å². The van der Waals surface area contributed by atoms with Crippen LogP contribution in [0, 0.1) is 13.8 Å². The third-order valence-corrected chi connectivity index (χ3v) is 8.98. The van der Waals surface area contributed by atoms with E-state index in [0.717, 1.165) is 0 Å². The van der Waals surface area contributed by atoms with Crippen LogP contribution in [0.1, 0.15) is 33.4 Å². The van der Waals surface area contributed by atoms with E-state index >= 15 is 0 Å². The van der Waals surface area contributed by atoms with Gasteiger partial charge in [0.15, 0.2) is 0 Å². The minimum absolute atomic E-state index is 0.351. The molecule has 0 fully saturated rings. The molecular weight excluding hydrogens is 490 g/mol. The lowest BCUT2D eigenvalue weighted by Gasteiger charge is -2.45. The Balaban J connectivity index is 1.64. The van der Waals surface area contributed by atoms with E-state index in [1.54, 1.807) is 0 Å². The molecule has 5 aromatic carbocycles. The molecule has 2 aliphatic rings. The predicted octanol–water partition coefficient (Wildman–Crippen LogP) is 9.21. The second-order valence-corrected chi connectivity index (χ2v) is 10.4. The maximum atomic E-state index is 3.77. The fourth-order valence-electron chi connectivity index (χ4n) is 6.39. The van der Waals surface area contributed by atoms with Crippen LogP contribution >= 0.6 is 15.9 Å². The molecule has 0 radical (unpaired) electrons. The third kappa shape index (κ3) is 2.63. The predicted molar refractivity (Wildman–Crippen MR) is 149 cm³/mol. The lowest BCUT2D eigenvalue weighted by Crippen LogP contribution is -2.36. The molecule has 0 saturated carbocycles.